The number of rotatable bonds is 2. The highest BCUT2D eigenvalue weighted by atomic mass is 15.2. The molecule has 18 heavy (non-hydrogen) atoms. The fraction of sp³-hybridized carbons (Fsp3) is 0.562. The van der Waals surface area contributed by atoms with Gasteiger partial charge in [0.05, 0.1) is 0 Å². The SMILES string of the molecule is [C-]#[N+]C1(c2ccc(C)cc2)CCN(C(C)C)CC1. The minimum absolute atomic E-state index is 0.279. The second-order valence-corrected chi connectivity index (χ2v) is 5.64. The van der Waals surface area contributed by atoms with Gasteiger partial charge in [0.25, 0.3) is 5.54 Å². The van der Waals surface area contributed by atoms with E-state index in [2.05, 4.69) is 54.8 Å². The summed E-state index contributed by atoms with van der Waals surface area (Å²) in [5.41, 5.74) is 2.18. The molecule has 1 heterocycles. The Labute approximate surface area is 110 Å². The molecule has 0 saturated carbocycles. The molecule has 2 heteroatoms. The summed E-state index contributed by atoms with van der Waals surface area (Å²) in [5, 5.41) is 0. The molecule has 0 spiro atoms. The van der Waals surface area contributed by atoms with Crippen molar-refractivity contribution in [2.75, 3.05) is 13.1 Å². The van der Waals surface area contributed by atoms with E-state index < -0.39 is 0 Å². The highest BCUT2D eigenvalue weighted by Gasteiger charge is 2.42. The fourth-order valence-electron chi connectivity index (χ4n) is 2.74. The second-order valence-electron chi connectivity index (χ2n) is 5.64. The van der Waals surface area contributed by atoms with Crippen LogP contribution in [-0.4, -0.2) is 24.0 Å². The first-order chi connectivity index (χ1) is 8.57. The van der Waals surface area contributed by atoms with Crippen molar-refractivity contribution in [3.05, 3.63) is 46.8 Å². The second kappa shape index (κ2) is 5.12. The van der Waals surface area contributed by atoms with Crippen LogP contribution in [0.25, 0.3) is 4.85 Å². The maximum Gasteiger partial charge on any atom is 0.260 e. The van der Waals surface area contributed by atoms with E-state index >= 15 is 0 Å². The largest absolute Gasteiger partial charge is 0.305 e. The normalized spacial score (nSPS) is 19.7. The maximum atomic E-state index is 7.62. The molecule has 1 saturated heterocycles. The summed E-state index contributed by atoms with van der Waals surface area (Å²) < 4.78 is 0. The van der Waals surface area contributed by atoms with Gasteiger partial charge in [0, 0.05) is 37.5 Å². The number of nitrogens with zero attached hydrogens (tertiary/aromatic N) is 2. The van der Waals surface area contributed by atoms with E-state index in [1.807, 2.05) is 0 Å². The Hall–Kier alpha value is -1.33. The van der Waals surface area contributed by atoms with Crippen LogP contribution in [0.15, 0.2) is 24.3 Å². The highest BCUT2D eigenvalue weighted by molar-refractivity contribution is 5.31. The third-order valence-electron chi connectivity index (χ3n) is 4.16. The first-order valence-corrected chi connectivity index (χ1v) is 6.77. The van der Waals surface area contributed by atoms with Crippen LogP contribution < -0.4 is 0 Å². The van der Waals surface area contributed by atoms with Crippen molar-refractivity contribution < 1.29 is 0 Å². The van der Waals surface area contributed by atoms with Gasteiger partial charge in [-0.1, -0.05) is 29.8 Å². The van der Waals surface area contributed by atoms with Gasteiger partial charge in [0.1, 0.15) is 0 Å². The molecule has 0 unspecified atom stereocenters. The first-order valence-electron chi connectivity index (χ1n) is 6.77. The molecule has 2 nitrogen and oxygen atoms in total. The zero-order chi connectivity index (χ0) is 13.2. The van der Waals surface area contributed by atoms with E-state index in [1.165, 1.54) is 11.1 Å². The molecule has 1 aliphatic heterocycles. The predicted octanol–water partition coefficient (Wildman–Crippen LogP) is 3.61. The van der Waals surface area contributed by atoms with Crippen LogP contribution in [0, 0.1) is 13.5 Å². The van der Waals surface area contributed by atoms with E-state index in [-0.39, 0.29) is 5.54 Å². The molecule has 0 N–H and O–H groups in total. The van der Waals surface area contributed by atoms with Crippen molar-refractivity contribution in [2.45, 2.75) is 45.2 Å². The molecule has 1 fully saturated rings. The van der Waals surface area contributed by atoms with Crippen LogP contribution in [-0.2, 0) is 5.54 Å². The van der Waals surface area contributed by atoms with Gasteiger partial charge in [-0.05, 0) is 20.8 Å². The molecule has 0 radical (unpaired) electrons. The Morgan fingerprint density at radius 1 is 1.17 bits per heavy atom. The lowest BCUT2D eigenvalue weighted by Crippen LogP contribution is -2.43. The van der Waals surface area contributed by atoms with Crippen LogP contribution in [0.2, 0.25) is 0 Å². The average molecular weight is 242 g/mol. The molecule has 0 aliphatic carbocycles. The number of piperidine rings is 1. The third-order valence-corrected chi connectivity index (χ3v) is 4.16. The quantitative estimate of drug-likeness (QED) is 0.719. The minimum Gasteiger partial charge on any atom is -0.305 e. The molecule has 1 aromatic rings. The number of hydrogen-bond donors (Lipinski definition) is 0. The van der Waals surface area contributed by atoms with Crippen molar-refractivity contribution in [1.82, 2.24) is 4.90 Å². The zero-order valence-electron chi connectivity index (χ0n) is 11.6. The maximum absolute atomic E-state index is 7.62. The number of aryl methyl sites for hydroxylation is 1. The van der Waals surface area contributed by atoms with Gasteiger partial charge in [0.2, 0.25) is 0 Å². The van der Waals surface area contributed by atoms with Gasteiger partial charge >= 0.3 is 0 Å². The smallest absolute Gasteiger partial charge is 0.260 e. The number of likely N-dealkylation sites (tertiary alicyclic amines) is 1. The van der Waals surface area contributed by atoms with Crippen molar-refractivity contribution in [3.63, 3.8) is 0 Å². The van der Waals surface area contributed by atoms with Crippen molar-refractivity contribution in [2.24, 2.45) is 0 Å². The summed E-state index contributed by atoms with van der Waals surface area (Å²) in [6.45, 7) is 16.2. The lowest BCUT2D eigenvalue weighted by molar-refractivity contribution is 0.147. The van der Waals surface area contributed by atoms with Gasteiger partial charge in [-0.25, -0.2) is 6.57 Å². The summed E-state index contributed by atoms with van der Waals surface area (Å²) in [6.07, 6.45) is 1.91. The average Bonchev–Trinajstić information content (AvgIpc) is 2.39. The summed E-state index contributed by atoms with van der Waals surface area (Å²) >= 11 is 0. The van der Waals surface area contributed by atoms with Crippen LogP contribution in [0.5, 0.6) is 0 Å². The fourth-order valence-corrected chi connectivity index (χ4v) is 2.74. The molecule has 0 aromatic heterocycles. The molecule has 0 bridgehead atoms. The van der Waals surface area contributed by atoms with Crippen molar-refractivity contribution in [1.29, 1.82) is 0 Å². The van der Waals surface area contributed by atoms with Gasteiger partial charge in [-0.3, -0.25) is 0 Å². The predicted molar refractivity (Wildman–Crippen MR) is 75.4 cm³/mol. The van der Waals surface area contributed by atoms with E-state index in [1.54, 1.807) is 0 Å². The summed E-state index contributed by atoms with van der Waals surface area (Å²) in [5.74, 6) is 0. The van der Waals surface area contributed by atoms with Gasteiger partial charge in [-0.15, -0.1) is 0 Å². The van der Waals surface area contributed by atoms with Crippen LogP contribution in [0.3, 0.4) is 0 Å². The van der Waals surface area contributed by atoms with E-state index in [0.717, 1.165) is 25.9 Å². The lowest BCUT2D eigenvalue weighted by Gasteiger charge is -2.36. The molecule has 1 aromatic carbocycles. The number of hydrogen-bond acceptors (Lipinski definition) is 1. The Balaban J connectivity index is 2.19. The summed E-state index contributed by atoms with van der Waals surface area (Å²) in [6, 6.07) is 9.11. The Morgan fingerprint density at radius 2 is 1.72 bits per heavy atom. The molecule has 0 amide bonds. The summed E-state index contributed by atoms with van der Waals surface area (Å²) in [7, 11) is 0. The molecule has 0 atom stereocenters. The van der Waals surface area contributed by atoms with E-state index in [0.29, 0.717) is 6.04 Å². The minimum atomic E-state index is -0.279. The van der Waals surface area contributed by atoms with Crippen LogP contribution >= 0.6 is 0 Å². The van der Waals surface area contributed by atoms with E-state index in [9.17, 15) is 0 Å². The van der Waals surface area contributed by atoms with Crippen LogP contribution in [0.4, 0.5) is 0 Å². The number of benzene rings is 1. The van der Waals surface area contributed by atoms with Crippen molar-refractivity contribution >= 4 is 0 Å². The third kappa shape index (κ3) is 2.42. The molecular formula is C16H22N2. The zero-order valence-corrected chi connectivity index (χ0v) is 11.6. The summed E-state index contributed by atoms with van der Waals surface area (Å²) in [4.78, 5) is 6.47. The van der Waals surface area contributed by atoms with Gasteiger partial charge in [-0.2, -0.15) is 0 Å². The monoisotopic (exact) mass is 242 g/mol. The van der Waals surface area contributed by atoms with Crippen LogP contribution in [0.1, 0.15) is 37.8 Å². The Morgan fingerprint density at radius 3 is 2.17 bits per heavy atom. The van der Waals surface area contributed by atoms with E-state index in [4.69, 9.17) is 6.57 Å². The molecule has 96 valence electrons. The molecular weight excluding hydrogens is 220 g/mol. The van der Waals surface area contributed by atoms with Gasteiger partial charge < -0.3 is 9.74 Å². The Bertz CT molecular complexity index is 431. The Kier molecular flexibility index (Phi) is 3.73. The lowest BCUT2D eigenvalue weighted by atomic mass is 9.81. The van der Waals surface area contributed by atoms with Crippen molar-refractivity contribution in [3.8, 4) is 0 Å². The molecule has 1 aliphatic rings. The molecule has 2 rings (SSSR count). The van der Waals surface area contributed by atoms with Gasteiger partial charge in [0.15, 0.2) is 0 Å². The topological polar surface area (TPSA) is 7.60 Å². The highest BCUT2D eigenvalue weighted by Crippen LogP contribution is 2.37. The first kappa shape index (κ1) is 13.1. The standard InChI is InChI=1S/C16H22N2/c1-13(2)18-11-9-16(17-4,10-12-18)15-7-5-14(3)6-8-15/h5-8,13H,9-12H2,1-3H3.